The first kappa shape index (κ1) is 11.2. The second-order valence-electron chi connectivity index (χ2n) is 4.60. The van der Waals surface area contributed by atoms with Gasteiger partial charge in [0.25, 0.3) is 0 Å². The highest BCUT2D eigenvalue weighted by Gasteiger charge is 2.20. The predicted molar refractivity (Wildman–Crippen MR) is 79.7 cm³/mol. The molecule has 5 heteroatoms. The SMILES string of the molecule is Cc1ccc2c(c1)Sc1c(ccc3c(Cl)[nH]nc13)N2. The zero-order valence-corrected chi connectivity index (χ0v) is 11.7. The van der Waals surface area contributed by atoms with Crippen LogP contribution < -0.4 is 5.32 Å². The van der Waals surface area contributed by atoms with Crippen LogP contribution >= 0.6 is 23.4 Å². The topological polar surface area (TPSA) is 40.7 Å². The fourth-order valence-corrected chi connectivity index (χ4v) is 3.67. The number of nitrogens with zero attached hydrogens (tertiary/aromatic N) is 1. The third kappa shape index (κ3) is 1.64. The maximum Gasteiger partial charge on any atom is 0.132 e. The first-order valence-electron chi connectivity index (χ1n) is 5.94. The summed E-state index contributed by atoms with van der Waals surface area (Å²) in [4.78, 5) is 2.35. The third-order valence-electron chi connectivity index (χ3n) is 3.25. The molecule has 1 aromatic heterocycles. The van der Waals surface area contributed by atoms with Gasteiger partial charge < -0.3 is 5.32 Å². The molecule has 0 saturated heterocycles. The maximum absolute atomic E-state index is 6.09. The lowest BCUT2D eigenvalue weighted by Gasteiger charge is -2.21. The van der Waals surface area contributed by atoms with Gasteiger partial charge in [0.05, 0.1) is 16.3 Å². The van der Waals surface area contributed by atoms with E-state index in [0.717, 1.165) is 27.2 Å². The van der Waals surface area contributed by atoms with Crippen molar-refractivity contribution in [3.8, 4) is 0 Å². The molecule has 3 aromatic rings. The number of H-pyrrole nitrogens is 1. The average Bonchev–Trinajstić information content (AvgIpc) is 2.79. The van der Waals surface area contributed by atoms with E-state index in [1.165, 1.54) is 10.5 Å². The van der Waals surface area contributed by atoms with E-state index < -0.39 is 0 Å². The van der Waals surface area contributed by atoms with Gasteiger partial charge in [0.15, 0.2) is 0 Å². The van der Waals surface area contributed by atoms with Gasteiger partial charge >= 0.3 is 0 Å². The van der Waals surface area contributed by atoms with E-state index in [9.17, 15) is 0 Å². The molecule has 0 spiro atoms. The smallest absolute Gasteiger partial charge is 0.132 e. The summed E-state index contributed by atoms with van der Waals surface area (Å²) in [5.41, 5.74) is 4.40. The Labute approximate surface area is 119 Å². The van der Waals surface area contributed by atoms with Crippen LogP contribution in [0.15, 0.2) is 40.1 Å². The Hall–Kier alpha value is -1.65. The Bertz CT molecular complexity index is 810. The van der Waals surface area contributed by atoms with Crippen molar-refractivity contribution in [2.75, 3.05) is 5.32 Å². The van der Waals surface area contributed by atoms with Crippen molar-refractivity contribution < 1.29 is 0 Å². The molecule has 0 bridgehead atoms. The van der Waals surface area contributed by atoms with Crippen LogP contribution in [0.1, 0.15) is 5.56 Å². The highest BCUT2D eigenvalue weighted by Crippen LogP contribution is 2.47. The van der Waals surface area contributed by atoms with E-state index in [1.54, 1.807) is 11.8 Å². The highest BCUT2D eigenvalue weighted by molar-refractivity contribution is 8.00. The zero-order chi connectivity index (χ0) is 13.0. The number of anilines is 2. The fourth-order valence-electron chi connectivity index (χ4n) is 2.30. The minimum Gasteiger partial charge on any atom is -0.354 e. The summed E-state index contributed by atoms with van der Waals surface area (Å²) in [6.45, 7) is 2.10. The lowest BCUT2D eigenvalue weighted by atomic mass is 10.2. The van der Waals surface area contributed by atoms with Gasteiger partial charge in [-0.05, 0) is 36.8 Å². The lowest BCUT2D eigenvalue weighted by molar-refractivity contribution is 1.11. The third-order valence-corrected chi connectivity index (χ3v) is 4.72. The molecular formula is C14H10ClN3S. The van der Waals surface area contributed by atoms with Crippen LogP contribution in [0.5, 0.6) is 0 Å². The van der Waals surface area contributed by atoms with Crippen molar-refractivity contribution in [1.82, 2.24) is 10.2 Å². The Morgan fingerprint density at radius 3 is 2.89 bits per heavy atom. The first-order chi connectivity index (χ1) is 9.22. The van der Waals surface area contributed by atoms with Crippen molar-refractivity contribution in [1.29, 1.82) is 0 Å². The summed E-state index contributed by atoms with van der Waals surface area (Å²) >= 11 is 7.83. The molecule has 94 valence electrons. The molecule has 0 fully saturated rings. The lowest BCUT2D eigenvalue weighted by Crippen LogP contribution is -2.00. The molecule has 0 amide bonds. The van der Waals surface area contributed by atoms with E-state index in [2.05, 4.69) is 46.7 Å². The molecule has 0 radical (unpaired) electrons. The quantitative estimate of drug-likeness (QED) is 0.491. The largest absolute Gasteiger partial charge is 0.354 e. The number of nitrogens with one attached hydrogen (secondary N) is 2. The van der Waals surface area contributed by atoms with Crippen molar-refractivity contribution in [3.05, 3.63) is 41.0 Å². The Balaban J connectivity index is 1.95. The van der Waals surface area contributed by atoms with E-state index in [0.29, 0.717) is 5.15 Å². The van der Waals surface area contributed by atoms with Crippen LogP contribution in [0.3, 0.4) is 0 Å². The minimum absolute atomic E-state index is 0.591. The van der Waals surface area contributed by atoms with Crippen LogP contribution in [-0.2, 0) is 0 Å². The normalized spacial score (nSPS) is 12.9. The van der Waals surface area contributed by atoms with E-state index in [1.807, 2.05) is 6.07 Å². The second-order valence-corrected chi connectivity index (χ2v) is 6.03. The summed E-state index contributed by atoms with van der Waals surface area (Å²) < 4.78 is 0. The minimum atomic E-state index is 0.591. The van der Waals surface area contributed by atoms with Crippen LogP contribution in [0.25, 0.3) is 10.9 Å². The summed E-state index contributed by atoms with van der Waals surface area (Å²) in [6, 6.07) is 10.5. The van der Waals surface area contributed by atoms with Gasteiger partial charge in [-0.2, -0.15) is 5.10 Å². The van der Waals surface area contributed by atoms with E-state index in [4.69, 9.17) is 11.6 Å². The molecule has 2 aromatic carbocycles. The number of fused-ring (bicyclic) bond motifs is 4. The molecule has 0 aliphatic carbocycles. The Kier molecular flexibility index (Phi) is 2.31. The molecule has 2 N–H and O–H groups in total. The number of hydrogen-bond acceptors (Lipinski definition) is 3. The fraction of sp³-hybridized carbons (Fsp3) is 0.0714. The Morgan fingerprint density at radius 2 is 2.00 bits per heavy atom. The molecule has 0 saturated carbocycles. The van der Waals surface area contributed by atoms with Crippen molar-refractivity contribution in [2.45, 2.75) is 16.7 Å². The number of rotatable bonds is 0. The number of aromatic nitrogens is 2. The van der Waals surface area contributed by atoms with Crippen molar-refractivity contribution >= 4 is 45.6 Å². The number of aryl methyl sites for hydroxylation is 1. The maximum atomic E-state index is 6.09. The van der Waals surface area contributed by atoms with Gasteiger partial charge in [-0.1, -0.05) is 29.4 Å². The number of aromatic amines is 1. The van der Waals surface area contributed by atoms with Gasteiger partial charge in [-0.3, -0.25) is 5.10 Å². The van der Waals surface area contributed by atoms with E-state index in [-0.39, 0.29) is 0 Å². The molecule has 3 nitrogen and oxygen atoms in total. The van der Waals surface area contributed by atoms with Crippen molar-refractivity contribution in [2.24, 2.45) is 0 Å². The second kappa shape index (κ2) is 3.92. The van der Waals surface area contributed by atoms with Gasteiger partial charge in [0.1, 0.15) is 10.7 Å². The Morgan fingerprint density at radius 1 is 1.16 bits per heavy atom. The number of benzene rings is 2. The van der Waals surface area contributed by atoms with Crippen molar-refractivity contribution in [3.63, 3.8) is 0 Å². The van der Waals surface area contributed by atoms with Gasteiger partial charge in [-0.25, -0.2) is 0 Å². The average molecular weight is 288 g/mol. The van der Waals surface area contributed by atoms with Gasteiger partial charge in [0, 0.05) is 10.3 Å². The molecule has 0 unspecified atom stereocenters. The molecule has 1 aliphatic rings. The molecule has 1 aliphatic heterocycles. The summed E-state index contributed by atoms with van der Waals surface area (Å²) in [5.74, 6) is 0. The van der Waals surface area contributed by atoms with Gasteiger partial charge in [0.2, 0.25) is 0 Å². The van der Waals surface area contributed by atoms with Gasteiger partial charge in [-0.15, -0.1) is 0 Å². The van der Waals surface area contributed by atoms with Crippen LogP contribution in [-0.4, -0.2) is 10.2 Å². The standard InChI is InChI=1S/C14H10ClN3S/c1-7-2-4-9-11(6-7)19-13-10(16-9)5-3-8-12(13)17-18-14(8)15/h2-6,16H,1H3,(H,17,18). The van der Waals surface area contributed by atoms with Crippen LogP contribution in [0.2, 0.25) is 5.15 Å². The van der Waals surface area contributed by atoms with Crippen LogP contribution in [0, 0.1) is 6.92 Å². The summed E-state index contributed by atoms with van der Waals surface area (Å²) in [7, 11) is 0. The molecule has 0 atom stereocenters. The number of hydrogen-bond donors (Lipinski definition) is 2. The summed E-state index contributed by atoms with van der Waals surface area (Å²) in [6.07, 6.45) is 0. The van der Waals surface area contributed by atoms with E-state index >= 15 is 0 Å². The first-order valence-corrected chi connectivity index (χ1v) is 7.14. The highest BCUT2D eigenvalue weighted by atomic mass is 35.5. The predicted octanol–water partition coefficient (Wildman–Crippen LogP) is 4.73. The molecule has 4 rings (SSSR count). The summed E-state index contributed by atoms with van der Waals surface area (Å²) in [5, 5.41) is 12.2. The molecular weight excluding hydrogens is 278 g/mol. The monoisotopic (exact) mass is 287 g/mol. The molecule has 2 heterocycles. The van der Waals surface area contributed by atoms with Crippen LogP contribution in [0.4, 0.5) is 11.4 Å². The zero-order valence-electron chi connectivity index (χ0n) is 10.1. The number of halogens is 1. The molecule has 19 heavy (non-hydrogen) atoms.